The lowest BCUT2D eigenvalue weighted by atomic mass is 10.0. The Hall–Kier alpha value is -2.45. The maximum Gasteiger partial charge on any atom is 0.321 e. The molecular weight excluding hydrogens is 452 g/mol. The molecule has 0 unspecified atom stereocenters. The number of carbonyl (C=O) groups is 1. The summed E-state index contributed by atoms with van der Waals surface area (Å²) in [5.74, 6) is -1.32. The van der Waals surface area contributed by atoms with Crippen molar-refractivity contribution in [3.8, 4) is 0 Å². The van der Waals surface area contributed by atoms with Crippen LogP contribution in [-0.4, -0.2) is 44.2 Å². The van der Waals surface area contributed by atoms with Gasteiger partial charge in [0.2, 0.25) is 0 Å². The van der Waals surface area contributed by atoms with Crippen LogP contribution < -0.4 is 10.6 Å². The number of aliphatic hydroxyl groups is 1. The number of aliphatic hydroxyl groups excluding tert-OH is 1. The molecule has 13 heteroatoms. The molecule has 0 aliphatic heterocycles. The summed E-state index contributed by atoms with van der Waals surface area (Å²) in [6, 6.07) is 0. The third-order valence-electron chi connectivity index (χ3n) is 3.50. The van der Waals surface area contributed by atoms with E-state index in [9.17, 15) is 4.79 Å². The van der Waals surface area contributed by atoms with Crippen molar-refractivity contribution in [1.29, 1.82) is 0 Å². The average molecular weight is 467 g/mol. The fourth-order valence-corrected chi connectivity index (χ4v) is 4.98. The molecule has 0 saturated heterocycles. The van der Waals surface area contributed by atoms with Gasteiger partial charge in [-0.1, -0.05) is 0 Å². The van der Waals surface area contributed by atoms with E-state index in [1.165, 1.54) is 45.3 Å². The lowest BCUT2D eigenvalue weighted by molar-refractivity contribution is -0.145. The Balaban J connectivity index is 1.57. The second kappa shape index (κ2) is 9.37. The summed E-state index contributed by atoms with van der Waals surface area (Å²) in [6.07, 6.45) is 3.39. The van der Waals surface area contributed by atoms with Crippen LogP contribution >= 0.6 is 45.3 Å². The molecule has 4 aromatic heterocycles. The first kappa shape index (κ1) is 19.8. The molecule has 0 amide bonds. The van der Waals surface area contributed by atoms with Crippen molar-refractivity contribution in [3.05, 3.63) is 45.3 Å². The topological polar surface area (TPSA) is 122 Å². The third-order valence-corrected chi connectivity index (χ3v) is 6.43. The minimum Gasteiger partial charge on any atom is -0.462 e. The molecule has 150 valence electrons. The predicted molar refractivity (Wildman–Crippen MR) is 115 cm³/mol. The zero-order valence-corrected chi connectivity index (χ0v) is 17.9. The predicted octanol–water partition coefficient (Wildman–Crippen LogP) is 3.67. The van der Waals surface area contributed by atoms with E-state index in [0.29, 0.717) is 31.9 Å². The Morgan fingerprint density at radius 2 is 1.48 bits per heavy atom. The van der Waals surface area contributed by atoms with Crippen LogP contribution in [0, 0.1) is 0 Å². The molecule has 4 rings (SSSR count). The maximum atomic E-state index is 12.7. The van der Waals surface area contributed by atoms with Crippen LogP contribution in [0.15, 0.2) is 33.9 Å². The number of anilines is 4. The zero-order valence-electron chi connectivity index (χ0n) is 14.6. The molecule has 0 atom stereocenters. The van der Waals surface area contributed by atoms with E-state index < -0.39 is 11.9 Å². The molecule has 4 heterocycles. The molecule has 29 heavy (non-hydrogen) atoms. The molecule has 4 aromatic rings. The standard InChI is InChI=1S/C16H14N6O3S4/c23-3-4-25-12(24)11(9-7-28-15(19-9)21-13-17-1-5-26-13)10-8-29-16(20-10)22-14-18-2-6-27-14/h1-2,5-8,11,23H,3-4H2,(H,17,19,21)(H,18,20,22). The van der Waals surface area contributed by atoms with Gasteiger partial charge in [0, 0.05) is 33.9 Å². The number of ether oxygens (including phenoxy) is 1. The van der Waals surface area contributed by atoms with Gasteiger partial charge in [-0.25, -0.2) is 19.9 Å². The quantitative estimate of drug-likeness (QED) is 0.317. The van der Waals surface area contributed by atoms with E-state index in [0.717, 1.165) is 0 Å². The van der Waals surface area contributed by atoms with Crippen LogP contribution in [-0.2, 0) is 9.53 Å². The van der Waals surface area contributed by atoms with Crippen LogP contribution in [0.4, 0.5) is 20.5 Å². The number of hydrogen-bond acceptors (Lipinski definition) is 13. The van der Waals surface area contributed by atoms with Gasteiger partial charge in [-0.3, -0.25) is 4.79 Å². The van der Waals surface area contributed by atoms with Crippen molar-refractivity contribution in [2.24, 2.45) is 0 Å². The average Bonchev–Trinajstić information content (AvgIpc) is 3.50. The van der Waals surface area contributed by atoms with Gasteiger partial charge in [0.15, 0.2) is 20.5 Å². The van der Waals surface area contributed by atoms with Gasteiger partial charge < -0.3 is 20.5 Å². The summed E-state index contributed by atoms with van der Waals surface area (Å²) in [4.78, 5) is 30.1. The molecule has 0 aliphatic rings. The molecule has 0 radical (unpaired) electrons. The molecule has 0 bridgehead atoms. The van der Waals surface area contributed by atoms with Gasteiger partial charge in [0.1, 0.15) is 12.5 Å². The van der Waals surface area contributed by atoms with Gasteiger partial charge >= 0.3 is 5.97 Å². The number of hydrogen-bond donors (Lipinski definition) is 3. The number of esters is 1. The summed E-state index contributed by atoms with van der Waals surface area (Å²) < 4.78 is 5.17. The smallest absolute Gasteiger partial charge is 0.321 e. The Morgan fingerprint density at radius 3 is 1.93 bits per heavy atom. The van der Waals surface area contributed by atoms with Crippen LogP contribution in [0.5, 0.6) is 0 Å². The second-order valence-corrected chi connectivity index (χ2v) is 8.91. The Morgan fingerprint density at radius 1 is 0.931 bits per heavy atom. The maximum absolute atomic E-state index is 12.7. The fourth-order valence-electron chi connectivity index (χ4n) is 2.33. The summed E-state index contributed by atoms with van der Waals surface area (Å²) in [5.41, 5.74) is 1.03. The molecule has 0 aliphatic carbocycles. The van der Waals surface area contributed by atoms with E-state index >= 15 is 0 Å². The number of thiazole rings is 4. The lowest BCUT2D eigenvalue weighted by Gasteiger charge is -2.11. The molecule has 3 N–H and O–H groups in total. The summed E-state index contributed by atoms with van der Waals surface area (Å²) >= 11 is 5.63. The van der Waals surface area contributed by atoms with E-state index in [2.05, 4.69) is 30.6 Å². The number of nitrogens with zero attached hydrogens (tertiary/aromatic N) is 4. The third kappa shape index (κ3) is 4.94. The van der Waals surface area contributed by atoms with Gasteiger partial charge in [-0.05, 0) is 0 Å². The Bertz CT molecular complexity index is 972. The van der Waals surface area contributed by atoms with E-state index in [1.807, 2.05) is 10.8 Å². The Kier molecular flexibility index (Phi) is 6.41. The first-order valence-corrected chi connectivity index (χ1v) is 11.8. The van der Waals surface area contributed by atoms with Crippen LogP contribution in [0.2, 0.25) is 0 Å². The van der Waals surface area contributed by atoms with Crippen LogP contribution in [0.1, 0.15) is 17.3 Å². The van der Waals surface area contributed by atoms with Crippen molar-refractivity contribution in [2.75, 3.05) is 23.8 Å². The van der Waals surface area contributed by atoms with Crippen molar-refractivity contribution in [2.45, 2.75) is 5.92 Å². The first-order valence-electron chi connectivity index (χ1n) is 8.24. The van der Waals surface area contributed by atoms with Gasteiger partial charge in [0.25, 0.3) is 0 Å². The number of aromatic nitrogens is 4. The largest absolute Gasteiger partial charge is 0.462 e. The molecular formula is C16H14N6O3S4. The minimum atomic E-state index is -0.798. The molecule has 0 spiro atoms. The highest BCUT2D eigenvalue weighted by atomic mass is 32.1. The van der Waals surface area contributed by atoms with E-state index in [4.69, 9.17) is 9.84 Å². The minimum absolute atomic E-state index is 0.0853. The SMILES string of the molecule is O=C(OCCO)C(c1csc(Nc2nccs2)n1)c1csc(Nc2nccs2)n1. The normalized spacial score (nSPS) is 11.0. The van der Waals surface area contributed by atoms with Crippen LogP contribution in [0.3, 0.4) is 0 Å². The highest BCUT2D eigenvalue weighted by Crippen LogP contribution is 2.33. The summed E-state index contributed by atoms with van der Waals surface area (Å²) in [6.45, 7) is -0.335. The van der Waals surface area contributed by atoms with Crippen LogP contribution in [0.25, 0.3) is 0 Å². The second-order valence-electron chi connectivity index (χ2n) is 5.40. The van der Waals surface area contributed by atoms with Crippen molar-refractivity contribution in [1.82, 2.24) is 19.9 Å². The van der Waals surface area contributed by atoms with Gasteiger partial charge in [0.05, 0.1) is 18.0 Å². The number of nitrogens with one attached hydrogen (secondary N) is 2. The summed E-state index contributed by atoms with van der Waals surface area (Å²) in [5, 5.41) is 25.2. The molecule has 9 nitrogen and oxygen atoms in total. The highest BCUT2D eigenvalue weighted by molar-refractivity contribution is 7.16. The lowest BCUT2D eigenvalue weighted by Crippen LogP contribution is -2.19. The summed E-state index contributed by atoms with van der Waals surface area (Å²) in [7, 11) is 0. The number of rotatable bonds is 9. The van der Waals surface area contributed by atoms with Crippen molar-refractivity contribution < 1.29 is 14.6 Å². The van der Waals surface area contributed by atoms with Crippen molar-refractivity contribution >= 4 is 71.8 Å². The highest BCUT2D eigenvalue weighted by Gasteiger charge is 2.29. The Labute approximate surface area is 181 Å². The molecule has 0 saturated carbocycles. The first-order chi connectivity index (χ1) is 14.2. The molecule has 0 fully saturated rings. The van der Waals surface area contributed by atoms with Crippen molar-refractivity contribution in [3.63, 3.8) is 0 Å². The van der Waals surface area contributed by atoms with E-state index in [1.54, 1.807) is 23.2 Å². The number of carbonyl (C=O) groups excluding carboxylic acids is 1. The monoisotopic (exact) mass is 466 g/mol. The zero-order chi connectivity index (χ0) is 20.1. The fraction of sp³-hybridized carbons (Fsp3) is 0.188. The van der Waals surface area contributed by atoms with Gasteiger partial charge in [-0.15, -0.1) is 45.3 Å². The van der Waals surface area contributed by atoms with E-state index in [-0.39, 0.29) is 13.2 Å². The van der Waals surface area contributed by atoms with Gasteiger partial charge in [-0.2, -0.15) is 0 Å². The molecule has 0 aromatic carbocycles.